The first-order valence-corrected chi connectivity index (χ1v) is 4.70. The summed E-state index contributed by atoms with van der Waals surface area (Å²) in [4.78, 5) is 13.0. The summed E-state index contributed by atoms with van der Waals surface area (Å²) in [5.41, 5.74) is 0. The van der Waals surface area contributed by atoms with Gasteiger partial charge in [-0.3, -0.25) is 4.79 Å². The van der Waals surface area contributed by atoms with Crippen molar-refractivity contribution in [3.8, 4) is 0 Å². The van der Waals surface area contributed by atoms with Crippen molar-refractivity contribution >= 4 is 5.91 Å². The Balaban J connectivity index is 2.42. The van der Waals surface area contributed by atoms with Crippen LogP contribution in [0.2, 0.25) is 0 Å². The number of aliphatic hydroxyl groups is 1. The lowest BCUT2D eigenvalue weighted by Crippen LogP contribution is -2.42. The Kier molecular flexibility index (Phi) is 3.69. The highest BCUT2D eigenvalue weighted by Gasteiger charge is 2.27. The molecule has 0 spiro atoms. The maximum atomic E-state index is 10.8. The van der Waals surface area contributed by atoms with Crippen LogP contribution in [0.15, 0.2) is 0 Å². The second kappa shape index (κ2) is 4.58. The Morgan fingerprint density at radius 1 is 1.77 bits per heavy atom. The van der Waals surface area contributed by atoms with Crippen molar-refractivity contribution in [1.82, 2.24) is 10.2 Å². The number of carbonyl (C=O) groups excluding carboxylic acids is 1. The van der Waals surface area contributed by atoms with Crippen molar-refractivity contribution in [2.24, 2.45) is 5.92 Å². The quantitative estimate of drug-likeness (QED) is 0.621. The molecule has 1 fully saturated rings. The molecule has 0 aromatic rings. The fourth-order valence-electron chi connectivity index (χ4n) is 1.87. The zero-order valence-electron chi connectivity index (χ0n) is 8.29. The average molecular weight is 186 g/mol. The minimum atomic E-state index is -0.0672. The SMILES string of the molecule is CC(=O)NC(CO)C1CCN(C)C1. The fourth-order valence-corrected chi connectivity index (χ4v) is 1.87. The molecule has 1 rings (SSSR count). The van der Waals surface area contributed by atoms with Crippen LogP contribution < -0.4 is 5.32 Å². The number of rotatable bonds is 3. The minimum absolute atomic E-state index is 0.0398. The van der Waals surface area contributed by atoms with E-state index in [1.54, 1.807) is 0 Å². The van der Waals surface area contributed by atoms with Gasteiger partial charge in [0.05, 0.1) is 12.6 Å². The Hall–Kier alpha value is -0.610. The van der Waals surface area contributed by atoms with E-state index in [1.807, 2.05) is 0 Å². The standard InChI is InChI=1S/C9H18N2O2/c1-7(13)10-9(6-12)8-3-4-11(2)5-8/h8-9,12H,3-6H2,1-2H3,(H,10,13). The Bertz CT molecular complexity index is 184. The van der Waals surface area contributed by atoms with Crippen molar-refractivity contribution < 1.29 is 9.90 Å². The van der Waals surface area contributed by atoms with E-state index in [4.69, 9.17) is 5.11 Å². The molecular formula is C9H18N2O2. The van der Waals surface area contributed by atoms with Crippen LogP contribution >= 0.6 is 0 Å². The van der Waals surface area contributed by atoms with E-state index in [-0.39, 0.29) is 18.6 Å². The molecule has 13 heavy (non-hydrogen) atoms. The highest BCUT2D eigenvalue weighted by Crippen LogP contribution is 2.17. The molecule has 2 unspecified atom stereocenters. The molecule has 1 aliphatic heterocycles. The average Bonchev–Trinajstić information content (AvgIpc) is 2.47. The zero-order chi connectivity index (χ0) is 9.84. The predicted molar refractivity (Wildman–Crippen MR) is 50.3 cm³/mol. The summed E-state index contributed by atoms with van der Waals surface area (Å²) in [5, 5.41) is 11.9. The summed E-state index contributed by atoms with van der Waals surface area (Å²) in [6.45, 7) is 3.55. The Labute approximate surface area is 78.9 Å². The first kappa shape index (κ1) is 10.5. The van der Waals surface area contributed by atoms with E-state index in [0.717, 1.165) is 19.5 Å². The van der Waals surface area contributed by atoms with Crippen molar-refractivity contribution in [3.05, 3.63) is 0 Å². The number of likely N-dealkylation sites (tertiary alicyclic amines) is 1. The molecule has 1 amide bonds. The Morgan fingerprint density at radius 2 is 2.46 bits per heavy atom. The minimum Gasteiger partial charge on any atom is -0.394 e. The molecule has 4 nitrogen and oxygen atoms in total. The van der Waals surface area contributed by atoms with Gasteiger partial charge in [0, 0.05) is 13.5 Å². The van der Waals surface area contributed by atoms with Crippen molar-refractivity contribution in [1.29, 1.82) is 0 Å². The molecule has 76 valence electrons. The fraction of sp³-hybridized carbons (Fsp3) is 0.889. The first-order valence-electron chi connectivity index (χ1n) is 4.70. The molecule has 0 radical (unpaired) electrons. The molecule has 0 aromatic heterocycles. The van der Waals surface area contributed by atoms with Gasteiger partial charge in [-0.2, -0.15) is 0 Å². The van der Waals surface area contributed by atoms with Gasteiger partial charge in [0.15, 0.2) is 0 Å². The zero-order valence-corrected chi connectivity index (χ0v) is 8.29. The summed E-state index contributed by atoms with van der Waals surface area (Å²) in [6.07, 6.45) is 1.06. The molecular weight excluding hydrogens is 168 g/mol. The van der Waals surface area contributed by atoms with Gasteiger partial charge in [-0.1, -0.05) is 0 Å². The van der Waals surface area contributed by atoms with E-state index in [1.165, 1.54) is 6.92 Å². The number of aliphatic hydroxyl groups excluding tert-OH is 1. The van der Waals surface area contributed by atoms with E-state index in [9.17, 15) is 4.79 Å². The van der Waals surface area contributed by atoms with Gasteiger partial charge in [0.2, 0.25) is 5.91 Å². The van der Waals surface area contributed by atoms with Crippen molar-refractivity contribution in [3.63, 3.8) is 0 Å². The van der Waals surface area contributed by atoms with E-state index >= 15 is 0 Å². The number of amides is 1. The lowest BCUT2D eigenvalue weighted by atomic mass is 10.00. The first-order chi connectivity index (χ1) is 6.13. The maximum Gasteiger partial charge on any atom is 0.217 e. The van der Waals surface area contributed by atoms with Gasteiger partial charge in [-0.15, -0.1) is 0 Å². The van der Waals surface area contributed by atoms with Crippen LogP contribution in [0.25, 0.3) is 0 Å². The molecule has 1 saturated heterocycles. The lowest BCUT2D eigenvalue weighted by molar-refractivity contribution is -0.120. The van der Waals surface area contributed by atoms with Crippen molar-refractivity contribution in [2.45, 2.75) is 19.4 Å². The summed E-state index contributed by atoms with van der Waals surface area (Å²) >= 11 is 0. The van der Waals surface area contributed by atoms with Crippen LogP contribution in [0.5, 0.6) is 0 Å². The maximum absolute atomic E-state index is 10.8. The Morgan fingerprint density at radius 3 is 2.85 bits per heavy atom. The third-order valence-corrected chi connectivity index (χ3v) is 2.58. The van der Waals surface area contributed by atoms with Crippen LogP contribution in [-0.2, 0) is 4.79 Å². The molecule has 0 bridgehead atoms. The third-order valence-electron chi connectivity index (χ3n) is 2.58. The molecule has 2 atom stereocenters. The van der Waals surface area contributed by atoms with Gasteiger partial charge in [0.25, 0.3) is 0 Å². The second-order valence-electron chi connectivity index (χ2n) is 3.80. The summed E-state index contributed by atoms with van der Waals surface area (Å²) in [6, 6.07) is -0.0672. The highest BCUT2D eigenvalue weighted by molar-refractivity contribution is 5.73. The predicted octanol–water partition coefficient (Wildman–Crippen LogP) is -0.565. The molecule has 1 aliphatic rings. The van der Waals surface area contributed by atoms with Gasteiger partial charge in [0.1, 0.15) is 0 Å². The number of carbonyl (C=O) groups is 1. The molecule has 0 aromatic carbocycles. The summed E-state index contributed by atoms with van der Waals surface area (Å²) < 4.78 is 0. The van der Waals surface area contributed by atoms with E-state index in [2.05, 4.69) is 17.3 Å². The van der Waals surface area contributed by atoms with Crippen LogP contribution in [0.3, 0.4) is 0 Å². The smallest absolute Gasteiger partial charge is 0.217 e. The molecule has 1 heterocycles. The molecule has 0 saturated carbocycles. The van der Waals surface area contributed by atoms with Crippen molar-refractivity contribution in [2.75, 3.05) is 26.7 Å². The van der Waals surface area contributed by atoms with Gasteiger partial charge >= 0.3 is 0 Å². The molecule has 4 heteroatoms. The van der Waals surface area contributed by atoms with Crippen LogP contribution in [0.1, 0.15) is 13.3 Å². The topological polar surface area (TPSA) is 52.6 Å². The number of hydrogen-bond acceptors (Lipinski definition) is 3. The lowest BCUT2D eigenvalue weighted by Gasteiger charge is -2.21. The van der Waals surface area contributed by atoms with Gasteiger partial charge in [-0.25, -0.2) is 0 Å². The van der Waals surface area contributed by atoms with Crippen LogP contribution in [0, 0.1) is 5.92 Å². The second-order valence-corrected chi connectivity index (χ2v) is 3.80. The summed E-state index contributed by atoms with van der Waals surface area (Å²) in [5.74, 6) is 0.340. The van der Waals surface area contributed by atoms with Crippen LogP contribution in [0.4, 0.5) is 0 Å². The van der Waals surface area contributed by atoms with Crippen LogP contribution in [-0.4, -0.2) is 48.7 Å². The van der Waals surface area contributed by atoms with Gasteiger partial charge < -0.3 is 15.3 Å². The number of hydrogen-bond donors (Lipinski definition) is 2. The van der Waals surface area contributed by atoms with E-state index < -0.39 is 0 Å². The normalized spacial score (nSPS) is 25.9. The van der Waals surface area contributed by atoms with E-state index in [0.29, 0.717) is 5.92 Å². The van der Waals surface area contributed by atoms with Gasteiger partial charge in [-0.05, 0) is 25.9 Å². The molecule has 0 aliphatic carbocycles. The largest absolute Gasteiger partial charge is 0.394 e. The monoisotopic (exact) mass is 186 g/mol. The number of nitrogens with one attached hydrogen (secondary N) is 1. The summed E-state index contributed by atoms with van der Waals surface area (Å²) in [7, 11) is 2.06. The third kappa shape index (κ3) is 2.97. The highest BCUT2D eigenvalue weighted by atomic mass is 16.3. The molecule has 2 N–H and O–H groups in total. The number of nitrogens with zero attached hydrogens (tertiary/aromatic N) is 1.